The minimum atomic E-state index is 0.542. The molecule has 1 N–H and O–H groups in total. The van der Waals surface area contributed by atoms with Crippen molar-refractivity contribution in [3.8, 4) is 0 Å². The Morgan fingerprint density at radius 2 is 1.95 bits per heavy atom. The predicted octanol–water partition coefficient (Wildman–Crippen LogP) is 1.97. The van der Waals surface area contributed by atoms with Gasteiger partial charge in [0.05, 0.1) is 0 Å². The maximum atomic E-state index is 3.57. The molecular weight excluding hydrogens is 246 g/mol. The second-order valence-electron chi connectivity index (χ2n) is 6.46. The van der Waals surface area contributed by atoms with Crippen molar-refractivity contribution in [2.24, 2.45) is 5.92 Å². The molecule has 1 aromatic carbocycles. The van der Waals surface area contributed by atoms with Gasteiger partial charge >= 0.3 is 0 Å². The second kappa shape index (κ2) is 6.25. The molecule has 0 saturated carbocycles. The van der Waals surface area contributed by atoms with E-state index in [4.69, 9.17) is 0 Å². The van der Waals surface area contributed by atoms with Crippen molar-refractivity contribution < 1.29 is 0 Å². The zero-order valence-electron chi connectivity index (χ0n) is 12.8. The van der Waals surface area contributed by atoms with Crippen molar-refractivity contribution >= 4 is 0 Å². The highest BCUT2D eigenvalue weighted by Crippen LogP contribution is 2.30. The standard InChI is InChI=1S/C17H27N3/c1-14-13-19(2)10-8-16(14)20-11-9-18-12-17(20)15-6-4-3-5-7-15/h3-7,14,16-18H,8-13H2,1-2H3. The van der Waals surface area contributed by atoms with Gasteiger partial charge in [-0.2, -0.15) is 0 Å². The molecule has 0 spiro atoms. The maximum absolute atomic E-state index is 3.57. The Labute approximate surface area is 123 Å². The maximum Gasteiger partial charge on any atom is 0.0476 e. The Kier molecular flexibility index (Phi) is 4.39. The van der Waals surface area contributed by atoms with Crippen LogP contribution in [0.25, 0.3) is 0 Å². The van der Waals surface area contributed by atoms with Crippen LogP contribution in [0.4, 0.5) is 0 Å². The molecule has 3 unspecified atom stereocenters. The van der Waals surface area contributed by atoms with Crippen molar-refractivity contribution in [3.63, 3.8) is 0 Å². The largest absolute Gasteiger partial charge is 0.314 e. The fourth-order valence-electron chi connectivity index (χ4n) is 3.94. The van der Waals surface area contributed by atoms with Gasteiger partial charge in [0.15, 0.2) is 0 Å². The van der Waals surface area contributed by atoms with Gasteiger partial charge in [-0.3, -0.25) is 4.90 Å². The molecule has 2 fully saturated rings. The van der Waals surface area contributed by atoms with Crippen LogP contribution in [0.15, 0.2) is 30.3 Å². The third-order valence-electron chi connectivity index (χ3n) is 4.96. The number of likely N-dealkylation sites (tertiary alicyclic amines) is 1. The van der Waals surface area contributed by atoms with Crippen LogP contribution in [-0.4, -0.2) is 55.6 Å². The van der Waals surface area contributed by atoms with Gasteiger partial charge in [0.25, 0.3) is 0 Å². The summed E-state index contributed by atoms with van der Waals surface area (Å²) in [6.07, 6.45) is 1.31. The van der Waals surface area contributed by atoms with Crippen molar-refractivity contribution in [1.82, 2.24) is 15.1 Å². The molecule has 0 aromatic heterocycles. The van der Waals surface area contributed by atoms with Gasteiger partial charge in [0.1, 0.15) is 0 Å². The van der Waals surface area contributed by atoms with Gasteiger partial charge in [-0.05, 0) is 31.5 Å². The Morgan fingerprint density at radius 1 is 1.15 bits per heavy atom. The molecule has 2 aliphatic rings. The molecule has 2 heterocycles. The van der Waals surface area contributed by atoms with Crippen LogP contribution >= 0.6 is 0 Å². The molecule has 20 heavy (non-hydrogen) atoms. The lowest BCUT2D eigenvalue weighted by Gasteiger charge is -2.47. The summed E-state index contributed by atoms with van der Waals surface area (Å²) in [6, 6.07) is 12.3. The van der Waals surface area contributed by atoms with Crippen LogP contribution < -0.4 is 5.32 Å². The molecule has 0 aliphatic carbocycles. The van der Waals surface area contributed by atoms with Gasteiger partial charge in [-0.25, -0.2) is 0 Å². The molecule has 110 valence electrons. The van der Waals surface area contributed by atoms with Gasteiger partial charge in [0.2, 0.25) is 0 Å². The molecule has 0 radical (unpaired) electrons. The minimum absolute atomic E-state index is 0.542. The second-order valence-corrected chi connectivity index (χ2v) is 6.46. The van der Waals surface area contributed by atoms with E-state index in [1.54, 1.807) is 0 Å². The van der Waals surface area contributed by atoms with Crippen LogP contribution in [0, 0.1) is 5.92 Å². The number of hydrogen-bond donors (Lipinski definition) is 1. The van der Waals surface area contributed by atoms with E-state index >= 15 is 0 Å². The zero-order chi connectivity index (χ0) is 13.9. The first-order valence-corrected chi connectivity index (χ1v) is 7.95. The Morgan fingerprint density at radius 3 is 2.70 bits per heavy atom. The van der Waals surface area contributed by atoms with E-state index in [9.17, 15) is 0 Å². The van der Waals surface area contributed by atoms with Crippen LogP contribution in [-0.2, 0) is 0 Å². The predicted molar refractivity (Wildman–Crippen MR) is 83.8 cm³/mol. The number of hydrogen-bond acceptors (Lipinski definition) is 3. The minimum Gasteiger partial charge on any atom is -0.314 e. The summed E-state index contributed by atoms with van der Waals surface area (Å²) in [5.74, 6) is 0.762. The van der Waals surface area contributed by atoms with Crippen LogP contribution in [0.3, 0.4) is 0 Å². The van der Waals surface area contributed by atoms with E-state index in [-0.39, 0.29) is 0 Å². The summed E-state index contributed by atoms with van der Waals surface area (Å²) in [4.78, 5) is 5.24. The van der Waals surface area contributed by atoms with Crippen molar-refractivity contribution in [2.75, 3.05) is 39.8 Å². The normalized spacial score (nSPS) is 33.2. The van der Waals surface area contributed by atoms with Crippen molar-refractivity contribution in [3.05, 3.63) is 35.9 Å². The Hall–Kier alpha value is -0.900. The zero-order valence-corrected chi connectivity index (χ0v) is 12.8. The smallest absolute Gasteiger partial charge is 0.0476 e. The summed E-state index contributed by atoms with van der Waals surface area (Å²) in [7, 11) is 2.25. The average Bonchev–Trinajstić information content (AvgIpc) is 2.48. The molecule has 2 saturated heterocycles. The van der Waals surface area contributed by atoms with E-state index in [1.807, 2.05) is 0 Å². The highest BCUT2D eigenvalue weighted by atomic mass is 15.3. The van der Waals surface area contributed by atoms with E-state index in [0.717, 1.165) is 25.0 Å². The molecule has 0 bridgehead atoms. The summed E-state index contributed by atoms with van der Waals surface area (Å²) >= 11 is 0. The number of rotatable bonds is 2. The van der Waals surface area contributed by atoms with Crippen molar-refractivity contribution in [2.45, 2.75) is 25.4 Å². The lowest BCUT2D eigenvalue weighted by atomic mass is 9.89. The molecule has 3 atom stereocenters. The fourth-order valence-corrected chi connectivity index (χ4v) is 3.94. The molecule has 1 aromatic rings. The average molecular weight is 273 g/mol. The third-order valence-corrected chi connectivity index (χ3v) is 4.96. The SMILES string of the molecule is CC1CN(C)CCC1N1CCNCC1c1ccccc1. The van der Waals surface area contributed by atoms with E-state index in [1.165, 1.54) is 31.6 Å². The highest BCUT2D eigenvalue weighted by Gasteiger charge is 2.35. The summed E-state index contributed by atoms with van der Waals surface area (Å²) in [6.45, 7) is 8.28. The summed E-state index contributed by atoms with van der Waals surface area (Å²) in [5.41, 5.74) is 1.46. The van der Waals surface area contributed by atoms with Crippen LogP contribution in [0.5, 0.6) is 0 Å². The lowest BCUT2D eigenvalue weighted by Crippen LogP contribution is -2.56. The van der Waals surface area contributed by atoms with E-state index in [0.29, 0.717) is 6.04 Å². The number of piperazine rings is 1. The van der Waals surface area contributed by atoms with Gasteiger partial charge in [-0.1, -0.05) is 37.3 Å². The van der Waals surface area contributed by atoms with Crippen LogP contribution in [0.2, 0.25) is 0 Å². The molecule has 0 amide bonds. The number of nitrogens with zero attached hydrogens (tertiary/aromatic N) is 2. The van der Waals surface area contributed by atoms with Crippen molar-refractivity contribution in [1.29, 1.82) is 0 Å². The van der Waals surface area contributed by atoms with Gasteiger partial charge in [0, 0.05) is 38.3 Å². The third kappa shape index (κ3) is 2.90. The first-order valence-electron chi connectivity index (χ1n) is 7.95. The summed E-state index contributed by atoms with van der Waals surface area (Å²) in [5, 5.41) is 3.57. The van der Waals surface area contributed by atoms with E-state index < -0.39 is 0 Å². The first-order chi connectivity index (χ1) is 9.75. The van der Waals surface area contributed by atoms with Crippen LogP contribution in [0.1, 0.15) is 24.9 Å². The van der Waals surface area contributed by atoms with Gasteiger partial charge in [-0.15, -0.1) is 0 Å². The highest BCUT2D eigenvalue weighted by molar-refractivity contribution is 5.20. The molecule has 2 aliphatic heterocycles. The quantitative estimate of drug-likeness (QED) is 0.889. The van der Waals surface area contributed by atoms with E-state index in [2.05, 4.69) is 59.4 Å². The Bertz CT molecular complexity index is 420. The lowest BCUT2D eigenvalue weighted by molar-refractivity contribution is 0.0300. The summed E-state index contributed by atoms with van der Waals surface area (Å²) < 4.78 is 0. The number of piperidine rings is 1. The molecular formula is C17H27N3. The van der Waals surface area contributed by atoms with Gasteiger partial charge < -0.3 is 10.2 Å². The molecule has 3 nitrogen and oxygen atoms in total. The number of nitrogens with one attached hydrogen (secondary N) is 1. The molecule has 3 rings (SSSR count). The fraction of sp³-hybridized carbons (Fsp3) is 0.647. The molecule has 3 heteroatoms. The topological polar surface area (TPSA) is 18.5 Å². The monoisotopic (exact) mass is 273 g/mol. The first kappa shape index (κ1) is 14.1. The Balaban J connectivity index is 1.79. The number of benzene rings is 1.